The number of carbonyl (C=O) groups excluding carboxylic acids is 1. The summed E-state index contributed by atoms with van der Waals surface area (Å²) in [6, 6.07) is 7.35. The normalized spacial score (nSPS) is 17.1. The van der Waals surface area contributed by atoms with Gasteiger partial charge in [0, 0.05) is 35.6 Å². The van der Waals surface area contributed by atoms with Gasteiger partial charge in [-0.2, -0.15) is 0 Å². The monoisotopic (exact) mass is 420 g/mol. The van der Waals surface area contributed by atoms with Gasteiger partial charge in [-0.1, -0.05) is 5.16 Å². The number of hydrogen-bond donors (Lipinski definition) is 1. The third-order valence-electron chi connectivity index (χ3n) is 5.57. The highest BCUT2D eigenvalue weighted by Crippen LogP contribution is 2.44. The van der Waals surface area contributed by atoms with Crippen LogP contribution in [0.25, 0.3) is 11.3 Å². The van der Waals surface area contributed by atoms with Crippen LogP contribution in [0, 0.1) is 6.92 Å². The van der Waals surface area contributed by atoms with Gasteiger partial charge in [-0.3, -0.25) is 9.78 Å². The number of aryl methyl sites for hydroxylation is 1. The third-order valence-corrected chi connectivity index (χ3v) is 5.57. The van der Waals surface area contributed by atoms with Crippen molar-refractivity contribution in [2.75, 3.05) is 13.2 Å². The summed E-state index contributed by atoms with van der Waals surface area (Å²) in [5.41, 5.74) is 3.69. The molecule has 2 fully saturated rings. The lowest BCUT2D eigenvalue weighted by atomic mass is 10.0. The Hall–Kier alpha value is -3.26. The minimum Gasteiger partial charge on any atom is -0.473 e. The predicted octanol–water partition coefficient (Wildman–Crippen LogP) is 3.42. The van der Waals surface area contributed by atoms with Gasteiger partial charge in [-0.05, 0) is 44.9 Å². The molecule has 2 aliphatic rings. The maximum atomic E-state index is 12.4. The standard InChI is InChI=1S/C23H24N4O4/c1-14-3-4-16(9-24-14)20-18(21(31-27-20)15-5-6-15)11-30-19-8-7-17(10-25-19)22(28)26-23(2)12-29-13-23/h3-4,7-10,15H,5-6,11-13H2,1-2H3,(H,26,28). The van der Waals surface area contributed by atoms with Gasteiger partial charge in [0.15, 0.2) is 0 Å². The second-order valence-corrected chi connectivity index (χ2v) is 8.52. The smallest absolute Gasteiger partial charge is 0.253 e. The van der Waals surface area contributed by atoms with Gasteiger partial charge in [0.25, 0.3) is 5.91 Å². The molecule has 0 atom stereocenters. The van der Waals surface area contributed by atoms with E-state index in [1.807, 2.05) is 26.0 Å². The molecule has 3 aromatic rings. The number of pyridine rings is 2. The zero-order chi connectivity index (χ0) is 21.4. The van der Waals surface area contributed by atoms with Crippen LogP contribution in [0.15, 0.2) is 41.2 Å². The Kier molecular flexibility index (Phi) is 4.94. The number of hydrogen-bond acceptors (Lipinski definition) is 7. The quantitative estimate of drug-likeness (QED) is 0.625. The molecule has 3 aromatic heterocycles. The largest absolute Gasteiger partial charge is 0.473 e. The molecule has 4 heterocycles. The highest BCUT2D eigenvalue weighted by atomic mass is 16.5. The molecule has 0 unspecified atom stereocenters. The van der Waals surface area contributed by atoms with Crippen LogP contribution in [0.3, 0.4) is 0 Å². The van der Waals surface area contributed by atoms with Crippen molar-refractivity contribution >= 4 is 5.91 Å². The molecule has 0 aromatic carbocycles. The molecular formula is C23H24N4O4. The van der Waals surface area contributed by atoms with Crippen molar-refractivity contribution in [1.82, 2.24) is 20.4 Å². The molecule has 1 aliphatic carbocycles. The molecule has 1 N–H and O–H groups in total. The summed E-state index contributed by atoms with van der Waals surface area (Å²) in [7, 11) is 0. The zero-order valence-corrected chi connectivity index (χ0v) is 17.6. The molecule has 0 radical (unpaired) electrons. The lowest BCUT2D eigenvalue weighted by Crippen LogP contribution is -2.59. The molecule has 0 spiro atoms. The first-order valence-electron chi connectivity index (χ1n) is 10.4. The number of amides is 1. The van der Waals surface area contributed by atoms with E-state index >= 15 is 0 Å². The summed E-state index contributed by atoms with van der Waals surface area (Å²) < 4.78 is 16.8. The topological polar surface area (TPSA) is 99.4 Å². The van der Waals surface area contributed by atoms with Crippen LogP contribution in [0.1, 0.15) is 53.1 Å². The molecular weight excluding hydrogens is 396 g/mol. The van der Waals surface area contributed by atoms with Crippen molar-refractivity contribution in [2.45, 2.75) is 44.8 Å². The van der Waals surface area contributed by atoms with Crippen LogP contribution in [0.5, 0.6) is 5.88 Å². The molecule has 1 amide bonds. The second kappa shape index (κ2) is 7.77. The zero-order valence-electron chi connectivity index (χ0n) is 17.6. The number of aromatic nitrogens is 3. The summed E-state index contributed by atoms with van der Waals surface area (Å²) in [6.45, 7) is 5.23. The predicted molar refractivity (Wildman–Crippen MR) is 112 cm³/mol. The van der Waals surface area contributed by atoms with E-state index in [2.05, 4.69) is 20.4 Å². The van der Waals surface area contributed by atoms with Crippen LogP contribution in [0.4, 0.5) is 0 Å². The Labute approximate surface area is 180 Å². The first-order valence-corrected chi connectivity index (χ1v) is 10.4. The maximum absolute atomic E-state index is 12.4. The number of ether oxygens (including phenoxy) is 2. The SMILES string of the molecule is Cc1ccc(-c2noc(C3CC3)c2COc2ccc(C(=O)NC3(C)COC3)cn2)cn1. The van der Waals surface area contributed by atoms with Crippen LogP contribution in [-0.4, -0.2) is 39.8 Å². The first-order chi connectivity index (χ1) is 15.0. The van der Waals surface area contributed by atoms with Crippen molar-refractivity contribution in [3.05, 3.63) is 59.2 Å². The highest BCUT2D eigenvalue weighted by Gasteiger charge is 2.35. The fourth-order valence-electron chi connectivity index (χ4n) is 3.54. The number of carbonyl (C=O) groups is 1. The molecule has 0 bridgehead atoms. The molecule has 1 saturated carbocycles. The fraction of sp³-hybridized carbons (Fsp3) is 0.391. The lowest BCUT2D eigenvalue weighted by molar-refractivity contribution is -0.0593. The molecule has 5 rings (SSSR count). The van der Waals surface area contributed by atoms with E-state index in [0.29, 0.717) is 30.6 Å². The van der Waals surface area contributed by atoms with Crippen LogP contribution in [0.2, 0.25) is 0 Å². The van der Waals surface area contributed by atoms with E-state index in [9.17, 15) is 4.79 Å². The molecule has 1 saturated heterocycles. The second-order valence-electron chi connectivity index (χ2n) is 8.52. The highest BCUT2D eigenvalue weighted by molar-refractivity contribution is 5.94. The average Bonchev–Trinajstić information content (AvgIpc) is 3.51. The number of nitrogens with one attached hydrogen (secondary N) is 1. The van der Waals surface area contributed by atoms with Crippen molar-refractivity contribution < 1.29 is 18.8 Å². The van der Waals surface area contributed by atoms with Crippen molar-refractivity contribution in [1.29, 1.82) is 0 Å². The Morgan fingerprint density at radius 1 is 1.19 bits per heavy atom. The van der Waals surface area contributed by atoms with E-state index in [0.717, 1.165) is 41.1 Å². The molecule has 31 heavy (non-hydrogen) atoms. The van der Waals surface area contributed by atoms with Crippen LogP contribution < -0.4 is 10.1 Å². The molecule has 8 heteroatoms. The Balaban J connectivity index is 1.30. The van der Waals surface area contributed by atoms with Crippen molar-refractivity contribution in [3.63, 3.8) is 0 Å². The number of nitrogens with zero attached hydrogens (tertiary/aromatic N) is 3. The Morgan fingerprint density at radius 2 is 2.03 bits per heavy atom. The van der Waals surface area contributed by atoms with Gasteiger partial charge in [0.1, 0.15) is 18.1 Å². The van der Waals surface area contributed by atoms with E-state index in [1.165, 1.54) is 6.20 Å². The van der Waals surface area contributed by atoms with E-state index in [-0.39, 0.29) is 18.1 Å². The van der Waals surface area contributed by atoms with Gasteiger partial charge < -0.3 is 19.3 Å². The van der Waals surface area contributed by atoms with Gasteiger partial charge in [-0.15, -0.1) is 0 Å². The van der Waals surface area contributed by atoms with Gasteiger partial charge in [0.05, 0.1) is 29.9 Å². The summed E-state index contributed by atoms with van der Waals surface area (Å²) in [6.07, 6.45) is 5.51. The van der Waals surface area contributed by atoms with Crippen LogP contribution in [-0.2, 0) is 11.3 Å². The third kappa shape index (κ3) is 4.16. The van der Waals surface area contributed by atoms with Crippen LogP contribution >= 0.6 is 0 Å². The van der Waals surface area contributed by atoms with E-state index in [1.54, 1.807) is 18.3 Å². The van der Waals surface area contributed by atoms with Gasteiger partial charge >= 0.3 is 0 Å². The summed E-state index contributed by atoms with van der Waals surface area (Å²) in [5, 5.41) is 7.26. The van der Waals surface area contributed by atoms with Crippen molar-refractivity contribution in [2.24, 2.45) is 0 Å². The van der Waals surface area contributed by atoms with E-state index < -0.39 is 0 Å². The van der Waals surface area contributed by atoms with Gasteiger partial charge in [0.2, 0.25) is 5.88 Å². The summed E-state index contributed by atoms with van der Waals surface area (Å²) in [5.74, 6) is 1.54. The lowest BCUT2D eigenvalue weighted by Gasteiger charge is -2.38. The average molecular weight is 420 g/mol. The Morgan fingerprint density at radius 3 is 2.65 bits per heavy atom. The minimum atomic E-state index is -0.305. The summed E-state index contributed by atoms with van der Waals surface area (Å²) in [4.78, 5) is 21.1. The minimum absolute atomic E-state index is 0.172. The number of rotatable bonds is 7. The first kappa shape index (κ1) is 19.7. The van der Waals surface area contributed by atoms with E-state index in [4.69, 9.17) is 14.0 Å². The molecule has 1 aliphatic heterocycles. The fourth-order valence-corrected chi connectivity index (χ4v) is 3.54. The Bertz CT molecular complexity index is 1080. The molecule has 160 valence electrons. The molecule has 8 nitrogen and oxygen atoms in total. The van der Waals surface area contributed by atoms with Crippen molar-refractivity contribution in [3.8, 4) is 17.1 Å². The summed E-state index contributed by atoms with van der Waals surface area (Å²) >= 11 is 0. The maximum Gasteiger partial charge on any atom is 0.253 e. The van der Waals surface area contributed by atoms with Gasteiger partial charge in [-0.25, -0.2) is 4.98 Å².